The molecule has 0 unspecified atom stereocenters. The Bertz CT molecular complexity index is 879. The molecule has 7 nitrogen and oxygen atoms in total. The fraction of sp³-hybridized carbons (Fsp3) is 0.417. The van der Waals surface area contributed by atoms with E-state index in [1.165, 1.54) is 0 Å². The van der Waals surface area contributed by atoms with Gasteiger partial charge in [0.05, 0.1) is 14.2 Å². The maximum absolute atomic E-state index is 12.9. The van der Waals surface area contributed by atoms with Gasteiger partial charge in [-0.3, -0.25) is 9.59 Å². The van der Waals surface area contributed by atoms with E-state index in [0.29, 0.717) is 49.7 Å². The van der Waals surface area contributed by atoms with Crippen molar-refractivity contribution in [3.8, 4) is 17.2 Å². The normalized spacial score (nSPS) is 14.1. The summed E-state index contributed by atoms with van der Waals surface area (Å²) < 4.78 is 16.2. The van der Waals surface area contributed by atoms with Crippen LogP contribution in [0.3, 0.4) is 0 Å². The number of benzene rings is 2. The summed E-state index contributed by atoms with van der Waals surface area (Å²) in [7, 11) is 5.01. The van der Waals surface area contributed by atoms with Crippen molar-refractivity contribution in [2.45, 2.75) is 19.4 Å². The minimum Gasteiger partial charge on any atom is -0.497 e. The lowest BCUT2D eigenvalue weighted by atomic mass is 9.95. The molecule has 2 aromatic rings. The van der Waals surface area contributed by atoms with Gasteiger partial charge < -0.3 is 24.0 Å². The van der Waals surface area contributed by atoms with E-state index in [2.05, 4.69) is 0 Å². The lowest BCUT2D eigenvalue weighted by Gasteiger charge is -2.33. The third kappa shape index (κ3) is 5.90. The minimum atomic E-state index is -0.0895. The maximum Gasteiger partial charge on any atom is 0.260 e. The van der Waals surface area contributed by atoms with Crippen LogP contribution < -0.4 is 14.2 Å². The monoisotopic (exact) mass is 426 g/mol. The summed E-state index contributed by atoms with van der Waals surface area (Å²) in [4.78, 5) is 28.9. The highest BCUT2D eigenvalue weighted by Gasteiger charge is 2.29. The smallest absolute Gasteiger partial charge is 0.260 e. The van der Waals surface area contributed by atoms with Crippen LogP contribution in [0, 0.1) is 5.92 Å². The van der Waals surface area contributed by atoms with Gasteiger partial charge in [0.25, 0.3) is 5.91 Å². The fourth-order valence-electron chi connectivity index (χ4n) is 3.76. The molecular weight excluding hydrogens is 396 g/mol. The number of methoxy groups -OCH3 is 2. The highest BCUT2D eigenvalue weighted by atomic mass is 16.5. The zero-order chi connectivity index (χ0) is 22.2. The predicted molar refractivity (Wildman–Crippen MR) is 117 cm³/mol. The van der Waals surface area contributed by atoms with Crippen LogP contribution in [-0.2, 0) is 16.1 Å². The number of piperidine rings is 1. The van der Waals surface area contributed by atoms with E-state index in [0.717, 1.165) is 5.56 Å². The van der Waals surface area contributed by atoms with E-state index in [4.69, 9.17) is 14.2 Å². The zero-order valence-corrected chi connectivity index (χ0v) is 18.4. The number of carbonyl (C=O) groups excluding carboxylic acids is 2. The summed E-state index contributed by atoms with van der Waals surface area (Å²) in [6.07, 6.45) is 1.31. The Hall–Kier alpha value is -3.22. The van der Waals surface area contributed by atoms with Gasteiger partial charge in [-0.1, -0.05) is 18.2 Å². The van der Waals surface area contributed by atoms with Crippen molar-refractivity contribution in [2.75, 3.05) is 41.0 Å². The second-order valence-electron chi connectivity index (χ2n) is 7.63. The predicted octanol–water partition coefficient (Wildman–Crippen LogP) is 2.98. The molecule has 0 aliphatic carbocycles. The van der Waals surface area contributed by atoms with E-state index in [1.807, 2.05) is 48.5 Å². The maximum atomic E-state index is 12.9. The molecule has 2 amide bonds. The summed E-state index contributed by atoms with van der Waals surface area (Å²) in [6, 6.07) is 14.9. The molecule has 1 fully saturated rings. The summed E-state index contributed by atoms with van der Waals surface area (Å²) in [5, 5.41) is 0. The second-order valence-corrected chi connectivity index (χ2v) is 7.63. The first-order chi connectivity index (χ1) is 15.0. The summed E-state index contributed by atoms with van der Waals surface area (Å²) in [5.41, 5.74) is 0.921. The first-order valence-electron chi connectivity index (χ1n) is 10.4. The number of hydrogen-bond donors (Lipinski definition) is 0. The van der Waals surface area contributed by atoms with Gasteiger partial charge in [0, 0.05) is 44.2 Å². The molecule has 0 bridgehead atoms. The van der Waals surface area contributed by atoms with Gasteiger partial charge in [-0.25, -0.2) is 0 Å². The number of hydrogen-bond acceptors (Lipinski definition) is 5. The van der Waals surface area contributed by atoms with E-state index in [-0.39, 0.29) is 24.3 Å². The van der Waals surface area contributed by atoms with Gasteiger partial charge in [-0.05, 0) is 37.1 Å². The SMILES string of the molecule is COc1ccc(CN(C)C(=O)C2CCN(C(=O)COc3ccccc3)CC2)c(OC)c1. The van der Waals surface area contributed by atoms with E-state index in [9.17, 15) is 9.59 Å². The average molecular weight is 427 g/mol. The van der Waals surface area contributed by atoms with Gasteiger partial charge in [-0.2, -0.15) is 0 Å². The standard InChI is InChI=1S/C24H30N2O5/c1-25(16-19-9-10-21(29-2)15-22(19)30-3)24(28)18-11-13-26(14-12-18)23(27)17-31-20-7-5-4-6-8-20/h4-10,15,18H,11-14,16-17H2,1-3H3. The van der Waals surface area contributed by atoms with Gasteiger partial charge in [0.1, 0.15) is 17.2 Å². The molecule has 1 saturated heterocycles. The molecule has 2 aromatic carbocycles. The van der Waals surface area contributed by atoms with Crippen molar-refractivity contribution in [3.63, 3.8) is 0 Å². The van der Waals surface area contributed by atoms with E-state index in [1.54, 1.807) is 31.1 Å². The molecule has 0 saturated carbocycles. The number of nitrogens with zero attached hydrogens (tertiary/aromatic N) is 2. The van der Waals surface area contributed by atoms with Crippen LogP contribution in [0.4, 0.5) is 0 Å². The number of rotatable bonds is 8. The molecular formula is C24H30N2O5. The van der Waals surface area contributed by atoms with Gasteiger partial charge in [-0.15, -0.1) is 0 Å². The Morgan fingerprint density at radius 3 is 2.35 bits per heavy atom. The lowest BCUT2D eigenvalue weighted by molar-refractivity contribution is -0.141. The van der Waals surface area contributed by atoms with Crippen LogP contribution in [0.5, 0.6) is 17.2 Å². The molecule has 1 aliphatic rings. The first kappa shape index (κ1) is 22.5. The molecule has 0 atom stereocenters. The molecule has 0 N–H and O–H groups in total. The third-order valence-corrected chi connectivity index (χ3v) is 5.58. The van der Waals surface area contributed by atoms with Crippen LogP contribution in [0.1, 0.15) is 18.4 Å². The Balaban J connectivity index is 1.48. The van der Waals surface area contributed by atoms with Gasteiger partial charge >= 0.3 is 0 Å². The van der Waals surface area contributed by atoms with Crippen molar-refractivity contribution in [3.05, 3.63) is 54.1 Å². The summed E-state index contributed by atoms with van der Waals surface area (Å²) >= 11 is 0. The Morgan fingerprint density at radius 2 is 1.71 bits per heavy atom. The lowest BCUT2D eigenvalue weighted by Crippen LogP contribution is -2.44. The van der Waals surface area contributed by atoms with Crippen LogP contribution in [-0.4, -0.2) is 62.6 Å². The average Bonchev–Trinajstić information content (AvgIpc) is 2.83. The molecule has 0 spiro atoms. The van der Waals surface area contributed by atoms with Crippen molar-refractivity contribution >= 4 is 11.8 Å². The van der Waals surface area contributed by atoms with Gasteiger partial charge in [0.15, 0.2) is 6.61 Å². The quantitative estimate of drug-likeness (QED) is 0.649. The fourth-order valence-corrected chi connectivity index (χ4v) is 3.76. The molecule has 31 heavy (non-hydrogen) atoms. The molecule has 1 heterocycles. The number of likely N-dealkylation sites (tertiary alicyclic amines) is 1. The highest BCUT2D eigenvalue weighted by molar-refractivity contribution is 5.80. The Morgan fingerprint density at radius 1 is 1.00 bits per heavy atom. The Labute approximate surface area is 183 Å². The van der Waals surface area contributed by atoms with E-state index >= 15 is 0 Å². The zero-order valence-electron chi connectivity index (χ0n) is 18.4. The van der Waals surface area contributed by atoms with Crippen LogP contribution >= 0.6 is 0 Å². The number of ether oxygens (including phenoxy) is 3. The van der Waals surface area contributed by atoms with Gasteiger partial charge in [0.2, 0.25) is 5.91 Å². The van der Waals surface area contributed by atoms with Crippen molar-refractivity contribution in [2.24, 2.45) is 5.92 Å². The second kappa shape index (κ2) is 10.7. The van der Waals surface area contributed by atoms with Crippen molar-refractivity contribution in [1.82, 2.24) is 9.80 Å². The third-order valence-electron chi connectivity index (χ3n) is 5.58. The van der Waals surface area contributed by atoms with Crippen molar-refractivity contribution in [1.29, 1.82) is 0 Å². The largest absolute Gasteiger partial charge is 0.497 e. The minimum absolute atomic E-state index is 0.0137. The van der Waals surface area contributed by atoms with Crippen LogP contribution in [0.25, 0.3) is 0 Å². The van der Waals surface area contributed by atoms with Crippen molar-refractivity contribution < 1.29 is 23.8 Å². The molecule has 166 valence electrons. The highest BCUT2D eigenvalue weighted by Crippen LogP contribution is 2.27. The molecule has 0 radical (unpaired) electrons. The first-order valence-corrected chi connectivity index (χ1v) is 10.4. The summed E-state index contributed by atoms with van der Waals surface area (Å²) in [6.45, 7) is 1.59. The molecule has 7 heteroatoms. The summed E-state index contributed by atoms with van der Waals surface area (Å²) in [5.74, 6) is 2.03. The topological polar surface area (TPSA) is 68.3 Å². The molecule has 3 rings (SSSR count). The van der Waals surface area contributed by atoms with E-state index < -0.39 is 0 Å². The number of carbonyl (C=O) groups is 2. The van der Waals surface area contributed by atoms with Crippen LogP contribution in [0.15, 0.2) is 48.5 Å². The number of amides is 2. The molecule has 0 aromatic heterocycles. The molecule has 1 aliphatic heterocycles. The van der Waals surface area contributed by atoms with Crippen LogP contribution in [0.2, 0.25) is 0 Å². The Kier molecular flexibility index (Phi) is 7.76. The number of para-hydroxylation sites is 1.